The molecule has 0 bridgehead atoms. The molecule has 2 aromatic carbocycles. The van der Waals surface area contributed by atoms with Crippen molar-refractivity contribution in [2.75, 3.05) is 6.54 Å². The summed E-state index contributed by atoms with van der Waals surface area (Å²) >= 11 is 0. The van der Waals surface area contributed by atoms with Gasteiger partial charge in [-0.2, -0.15) is 5.26 Å². The number of nitriles is 1. The predicted molar refractivity (Wildman–Crippen MR) is 89.0 cm³/mol. The van der Waals surface area contributed by atoms with Crippen LogP contribution in [-0.2, 0) is 0 Å². The van der Waals surface area contributed by atoms with Crippen LogP contribution >= 0.6 is 0 Å². The Kier molecular flexibility index (Phi) is 4.56. The van der Waals surface area contributed by atoms with Gasteiger partial charge in [-0.1, -0.05) is 60.7 Å². The van der Waals surface area contributed by atoms with Crippen LogP contribution < -0.4 is 0 Å². The number of benzene rings is 2. The molecule has 2 nitrogen and oxygen atoms in total. The zero-order valence-corrected chi connectivity index (χ0v) is 12.7. The highest BCUT2D eigenvalue weighted by atomic mass is 15.2. The number of rotatable bonds is 3. The molecule has 22 heavy (non-hydrogen) atoms. The number of piperidine rings is 1. The molecule has 0 spiro atoms. The van der Waals surface area contributed by atoms with Crippen LogP contribution in [0.4, 0.5) is 0 Å². The monoisotopic (exact) mass is 288 g/mol. The molecule has 0 amide bonds. The maximum Gasteiger partial charge on any atom is 0.0930 e. The molecule has 0 saturated carbocycles. The Balaban J connectivity index is 2.05. The van der Waals surface area contributed by atoms with E-state index in [2.05, 4.69) is 59.5 Å². The van der Waals surface area contributed by atoms with E-state index in [9.17, 15) is 0 Å². The molecule has 0 radical (unpaired) electrons. The lowest BCUT2D eigenvalue weighted by Gasteiger charge is -2.39. The second-order valence-corrected chi connectivity index (χ2v) is 5.64. The van der Waals surface area contributed by atoms with Crippen molar-refractivity contribution in [2.24, 2.45) is 0 Å². The summed E-state index contributed by atoms with van der Waals surface area (Å²) in [6.07, 6.45) is 5.06. The van der Waals surface area contributed by atoms with E-state index in [1.165, 1.54) is 24.0 Å². The lowest BCUT2D eigenvalue weighted by molar-refractivity contribution is 0.245. The summed E-state index contributed by atoms with van der Waals surface area (Å²) < 4.78 is 0. The lowest BCUT2D eigenvalue weighted by atomic mass is 9.93. The molecule has 1 fully saturated rings. The Labute approximate surface area is 132 Å². The molecule has 0 aromatic heterocycles. The maximum absolute atomic E-state index is 9.11. The topological polar surface area (TPSA) is 27.0 Å². The van der Waals surface area contributed by atoms with Gasteiger partial charge in [0.2, 0.25) is 0 Å². The van der Waals surface area contributed by atoms with E-state index in [0.29, 0.717) is 0 Å². The Morgan fingerprint density at radius 2 is 1.50 bits per heavy atom. The number of likely N-dealkylation sites (tertiary alicyclic amines) is 1. The standard InChI is InChI=1S/C20H20N2/c21-15-14-19-13-7-8-16-22(19)20(17-9-3-1-4-10-17)18-11-5-2-6-12-18/h1-6,9-12,14,20H,7-8,13,16H2. The third-order valence-corrected chi connectivity index (χ3v) is 4.22. The van der Waals surface area contributed by atoms with Crippen molar-refractivity contribution < 1.29 is 0 Å². The molecule has 0 unspecified atom stereocenters. The summed E-state index contributed by atoms with van der Waals surface area (Å²) in [6, 6.07) is 23.6. The molecule has 0 atom stereocenters. The van der Waals surface area contributed by atoms with E-state index in [-0.39, 0.29) is 6.04 Å². The maximum atomic E-state index is 9.11. The molecule has 1 aliphatic rings. The highest BCUT2D eigenvalue weighted by molar-refractivity contribution is 5.34. The summed E-state index contributed by atoms with van der Waals surface area (Å²) in [6.45, 7) is 1.00. The van der Waals surface area contributed by atoms with Gasteiger partial charge in [-0.05, 0) is 30.4 Å². The average molecular weight is 288 g/mol. The van der Waals surface area contributed by atoms with Crippen molar-refractivity contribution in [3.8, 4) is 6.07 Å². The second-order valence-electron chi connectivity index (χ2n) is 5.64. The van der Waals surface area contributed by atoms with Gasteiger partial charge < -0.3 is 4.90 Å². The van der Waals surface area contributed by atoms with E-state index in [4.69, 9.17) is 5.26 Å². The van der Waals surface area contributed by atoms with E-state index < -0.39 is 0 Å². The molecule has 0 aliphatic carbocycles. The fourth-order valence-corrected chi connectivity index (χ4v) is 3.22. The van der Waals surface area contributed by atoms with Gasteiger partial charge in [0.25, 0.3) is 0 Å². The molecule has 1 saturated heterocycles. The molecule has 2 heteroatoms. The number of hydrogen-bond donors (Lipinski definition) is 0. The Bertz CT molecular complexity index is 628. The highest BCUT2D eigenvalue weighted by Gasteiger charge is 2.26. The van der Waals surface area contributed by atoms with Crippen LogP contribution in [0.25, 0.3) is 0 Å². The van der Waals surface area contributed by atoms with Crippen molar-refractivity contribution in [3.05, 3.63) is 83.6 Å². The van der Waals surface area contributed by atoms with Gasteiger partial charge in [-0.15, -0.1) is 0 Å². The third kappa shape index (κ3) is 3.04. The Morgan fingerprint density at radius 1 is 0.909 bits per heavy atom. The fourth-order valence-electron chi connectivity index (χ4n) is 3.22. The fraction of sp³-hybridized carbons (Fsp3) is 0.250. The van der Waals surface area contributed by atoms with E-state index in [1.54, 1.807) is 6.08 Å². The zero-order chi connectivity index (χ0) is 15.2. The molecule has 110 valence electrons. The quantitative estimate of drug-likeness (QED) is 0.767. The molecule has 1 aliphatic heterocycles. The first-order chi connectivity index (χ1) is 10.9. The van der Waals surface area contributed by atoms with E-state index >= 15 is 0 Å². The van der Waals surface area contributed by atoms with Crippen LogP contribution in [0.1, 0.15) is 36.4 Å². The average Bonchev–Trinajstić information content (AvgIpc) is 2.59. The summed E-state index contributed by atoms with van der Waals surface area (Å²) in [5.74, 6) is 0. The van der Waals surface area contributed by atoms with Crippen LogP contribution in [0, 0.1) is 11.3 Å². The van der Waals surface area contributed by atoms with Gasteiger partial charge in [0.15, 0.2) is 0 Å². The zero-order valence-electron chi connectivity index (χ0n) is 12.7. The Morgan fingerprint density at radius 3 is 2.05 bits per heavy atom. The number of hydrogen-bond acceptors (Lipinski definition) is 2. The minimum absolute atomic E-state index is 0.183. The first-order valence-corrected chi connectivity index (χ1v) is 7.85. The minimum atomic E-state index is 0.183. The molecule has 2 aromatic rings. The van der Waals surface area contributed by atoms with Crippen LogP contribution in [0.3, 0.4) is 0 Å². The molecule has 3 rings (SSSR count). The Hall–Kier alpha value is -2.53. The third-order valence-electron chi connectivity index (χ3n) is 4.22. The smallest absolute Gasteiger partial charge is 0.0930 e. The second kappa shape index (κ2) is 6.95. The van der Waals surface area contributed by atoms with Crippen LogP contribution in [0.2, 0.25) is 0 Å². The van der Waals surface area contributed by atoms with Gasteiger partial charge >= 0.3 is 0 Å². The summed E-state index contributed by atoms with van der Waals surface area (Å²) in [4.78, 5) is 2.40. The highest BCUT2D eigenvalue weighted by Crippen LogP contribution is 2.35. The summed E-state index contributed by atoms with van der Waals surface area (Å²) in [5.41, 5.74) is 3.71. The normalized spacial score (nSPS) is 16.7. The van der Waals surface area contributed by atoms with Crippen molar-refractivity contribution >= 4 is 0 Å². The van der Waals surface area contributed by atoms with Crippen LogP contribution in [0.5, 0.6) is 0 Å². The lowest BCUT2D eigenvalue weighted by Crippen LogP contribution is -2.32. The van der Waals surface area contributed by atoms with E-state index in [0.717, 1.165) is 18.7 Å². The van der Waals surface area contributed by atoms with Crippen LogP contribution in [0.15, 0.2) is 72.4 Å². The molecular weight excluding hydrogens is 268 g/mol. The van der Waals surface area contributed by atoms with Crippen molar-refractivity contribution in [3.63, 3.8) is 0 Å². The first-order valence-electron chi connectivity index (χ1n) is 7.85. The molecule has 1 heterocycles. The first kappa shape index (κ1) is 14.4. The number of allylic oxidation sites excluding steroid dienone is 2. The van der Waals surface area contributed by atoms with Gasteiger partial charge in [0, 0.05) is 18.3 Å². The molecular formula is C20H20N2. The van der Waals surface area contributed by atoms with Gasteiger partial charge in [0.05, 0.1) is 12.1 Å². The number of nitrogens with zero attached hydrogens (tertiary/aromatic N) is 2. The van der Waals surface area contributed by atoms with Crippen LogP contribution in [-0.4, -0.2) is 11.4 Å². The molecule has 0 N–H and O–H groups in total. The predicted octanol–water partition coefficient (Wildman–Crippen LogP) is 4.67. The van der Waals surface area contributed by atoms with Crippen molar-refractivity contribution in [2.45, 2.75) is 25.3 Å². The minimum Gasteiger partial charge on any atom is -0.363 e. The van der Waals surface area contributed by atoms with Crippen molar-refractivity contribution in [1.82, 2.24) is 4.90 Å². The largest absolute Gasteiger partial charge is 0.363 e. The summed E-state index contributed by atoms with van der Waals surface area (Å²) in [5, 5.41) is 9.11. The van der Waals surface area contributed by atoms with Gasteiger partial charge in [-0.25, -0.2) is 0 Å². The SMILES string of the molecule is N#CC=C1CCCCN1C(c1ccccc1)c1ccccc1. The van der Waals surface area contributed by atoms with Crippen molar-refractivity contribution in [1.29, 1.82) is 5.26 Å². The summed E-state index contributed by atoms with van der Waals surface area (Å²) in [7, 11) is 0. The van der Waals surface area contributed by atoms with Gasteiger partial charge in [0.1, 0.15) is 0 Å². The van der Waals surface area contributed by atoms with E-state index in [1.807, 2.05) is 12.1 Å². The van der Waals surface area contributed by atoms with Gasteiger partial charge in [-0.3, -0.25) is 0 Å².